The molecule has 0 unspecified atom stereocenters. The van der Waals surface area contributed by atoms with Crippen molar-refractivity contribution in [2.24, 2.45) is 0 Å². The summed E-state index contributed by atoms with van der Waals surface area (Å²) in [6.07, 6.45) is 5.46. The van der Waals surface area contributed by atoms with Gasteiger partial charge in [0.25, 0.3) is 0 Å². The monoisotopic (exact) mass is 209 g/mol. The van der Waals surface area contributed by atoms with E-state index in [4.69, 9.17) is 5.11 Å². The molecule has 1 aromatic rings. The van der Waals surface area contributed by atoms with Crippen molar-refractivity contribution in [3.05, 3.63) is 18.2 Å². The minimum absolute atomic E-state index is 0.0856. The van der Waals surface area contributed by atoms with Gasteiger partial charge in [-0.15, -0.1) is 0 Å². The minimum Gasteiger partial charge on any atom is -0.393 e. The van der Waals surface area contributed by atoms with Crippen LogP contribution in [0, 0.1) is 0 Å². The van der Waals surface area contributed by atoms with Crippen LogP contribution in [0.3, 0.4) is 0 Å². The molecule has 1 heterocycles. The first-order valence-corrected chi connectivity index (χ1v) is 5.59. The van der Waals surface area contributed by atoms with E-state index in [0.717, 1.165) is 19.4 Å². The Bertz CT molecular complexity index is 315. The van der Waals surface area contributed by atoms with Crippen molar-refractivity contribution in [1.29, 1.82) is 0 Å². The molecule has 0 aliphatic heterocycles. The highest BCUT2D eigenvalue weighted by molar-refractivity contribution is 5.00. The van der Waals surface area contributed by atoms with Crippen LogP contribution in [-0.4, -0.2) is 26.8 Å². The smallest absolute Gasteiger partial charge is 0.0951 e. The van der Waals surface area contributed by atoms with Crippen molar-refractivity contribution >= 4 is 0 Å². The van der Waals surface area contributed by atoms with E-state index in [-0.39, 0.29) is 6.10 Å². The third kappa shape index (κ3) is 2.38. The van der Waals surface area contributed by atoms with E-state index >= 15 is 0 Å². The molecule has 2 N–H and O–H groups in total. The highest BCUT2D eigenvalue weighted by Gasteiger charge is 2.26. The average Bonchev–Trinajstić information content (AvgIpc) is 2.58. The lowest BCUT2D eigenvalue weighted by Gasteiger charge is -2.32. The third-order valence-electron chi connectivity index (χ3n) is 2.99. The van der Waals surface area contributed by atoms with Crippen LogP contribution in [0.5, 0.6) is 0 Å². The molecule has 0 aromatic carbocycles. The number of aliphatic hydroxyl groups excluding tert-OH is 1. The second kappa shape index (κ2) is 4.33. The van der Waals surface area contributed by atoms with Gasteiger partial charge >= 0.3 is 0 Å². The lowest BCUT2D eigenvalue weighted by Crippen LogP contribution is -2.43. The van der Waals surface area contributed by atoms with Gasteiger partial charge in [0.1, 0.15) is 0 Å². The highest BCUT2D eigenvalue weighted by atomic mass is 16.3. The second-order valence-corrected chi connectivity index (χ2v) is 4.59. The molecule has 15 heavy (non-hydrogen) atoms. The zero-order valence-corrected chi connectivity index (χ0v) is 9.35. The zero-order valence-electron chi connectivity index (χ0n) is 9.35. The van der Waals surface area contributed by atoms with Crippen LogP contribution in [0.15, 0.2) is 12.5 Å². The van der Waals surface area contributed by atoms with Crippen molar-refractivity contribution in [3.63, 3.8) is 0 Å². The molecule has 0 radical (unpaired) electrons. The molecule has 0 saturated heterocycles. The fraction of sp³-hybridized carbons (Fsp3) is 0.727. The van der Waals surface area contributed by atoms with Gasteiger partial charge in [0.15, 0.2) is 0 Å². The van der Waals surface area contributed by atoms with Gasteiger partial charge in [-0.3, -0.25) is 0 Å². The van der Waals surface area contributed by atoms with Gasteiger partial charge in [-0.05, 0) is 26.7 Å². The summed E-state index contributed by atoms with van der Waals surface area (Å²) in [5.74, 6) is 0. The van der Waals surface area contributed by atoms with Crippen LogP contribution in [0.2, 0.25) is 0 Å². The third-order valence-corrected chi connectivity index (χ3v) is 2.99. The van der Waals surface area contributed by atoms with E-state index in [9.17, 15) is 0 Å². The van der Waals surface area contributed by atoms with Crippen LogP contribution in [0.25, 0.3) is 0 Å². The molecular weight excluding hydrogens is 190 g/mol. The fourth-order valence-corrected chi connectivity index (χ4v) is 1.94. The highest BCUT2D eigenvalue weighted by Crippen LogP contribution is 2.20. The number of hydrogen-bond donors (Lipinski definition) is 2. The first kappa shape index (κ1) is 10.6. The summed E-state index contributed by atoms with van der Waals surface area (Å²) in [4.78, 5) is 4.15. The number of nitrogens with one attached hydrogen (secondary N) is 1. The molecule has 1 aromatic heterocycles. The molecule has 4 nitrogen and oxygen atoms in total. The number of nitrogens with zero attached hydrogens (tertiary/aromatic N) is 2. The number of aromatic nitrogens is 2. The van der Waals surface area contributed by atoms with E-state index in [1.165, 1.54) is 5.69 Å². The topological polar surface area (TPSA) is 50.1 Å². The normalized spacial score (nSPS) is 25.6. The maximum absolute atomic E-state index is 9.16. The van der Waals surface area contributed by atoms with E-state index in [0.29, 0.717) is 12.1 Å². The van der Waals surface area contributed by atoms with Gasteiger partial charge in [-0.25, -0.2) is 4.98 Å². The van der Waals surface area contributed by atoms with Crippen molar-refractivity contribution in [2.45, 2.75) is 51.4 Å². The maximum Gasteiger partial charge on any atom is 0.0951 e. The van der Waals surface area contributed by atoms with E-state index in [1.807, 2.05) is 12.5 Å². The summed E-state index contributed by atoms with van der Waals surface area (Å²) in [7, 11) is 0. The molecule has 1 saturated carbocycles. The molecule has 0 spiro atoms. The number of hydrogen-bond acceptors (Lipinski definition) is 3. The first-order chi connectivity index (χ1) is 7.16. The molecule has 0 amide bonds. The number of rotatable bonds is 4. The fourth-order valence-electron chi connectivity index (χ4n) is 1.94. The van der Waals surface area contributed by atoms with Gasteiger partial charge in [0.05, 0.1) is 18.1 Å². The van der Waals surface area contributed by atoms with Crippen LogP contribution in [0.4, 0.5) is 0 Å². The lowest BCUT2D eigenvalue weighted by molar-refractivity contribution is 0.0616. The summed E-state index contributed by atoms with van der Waals surface area (Å²) in [5, 5.41) is 12.6. The Balaban J connectivity index is 1.85. The Morgan fingerprint density at radius 2 is 2.33 bits per heavy atom. The molecule has 4 heteroatoms. The van der Waals surface area contributed by atoms with Crippen LogP contribution >= 0.6 is 0 Å². The molecule has 1 fully saturated rings. The van der Waals surface area contributed by atoms with E-state index in [2.05, 4.69) is 28.7 Å². The maximum atomic E-state index is 9.16. The molecule has 84 valence electrons. The first-order valence-electron chi connectivity index (χ1n) is 5.59. The van der Waals surface area contributed by atoms with Crippen molar-refractivity contribution in [1.82, 2.24) is 14.9 Å². The summed E-state index contributed by atoms with van der Waals surface area (Å²) >= 11 is 0. The number of aliphatic hydroxyl groups is 1. The predicted octanol–water partition coefficient (Wildman–Crippen LogP) is 1.08. The van der Waals surface area contributed by atoms with Gasteiger partial charge in [0, 0.05) is 24.8 Å². The molecule has 0 atom stereocenters. The van der Waals surface area contributed by atoms with E-state index in [1.54, 1.807) is 0 Å². The van der Waals surface area contributed by atoms with Crippen LogP contribution in [-0.2, 0) is 6.54 Å². The number of imidazole rings is 1. The van der Waals surface area contributed by atoms with Crippen LogP contribution < -0.4 is 5.32 Å². The quantitative estimate of drug-likeness (QED) is 0.780. The molecule has 1 aliphatic rings. The molecule has 1 aliphatic carbocycles. The van der Waals surface area contributed by atoms with E-state index < -0.39 is 0 Å². The van der Waals surface area contributed by atoms with Crippen molar-refractivity contribution < 1.29 is 5.11 Å². The zero-order chi connectivity index (χ0) is 10.8. The molecule has 0 bridgehead atoms. The standard InChI is InChI=1S/C11H19N3O/c1-8(2)14-7-12-5-10(14)6-13-9-3-11(15)4-9/h5,7-9,11,13,15H,3-4,6H2,1-2H3. The van der Waals surface area contributed by atoms with Gasteiger partial charge in [0.2, 0.25) is 0 Å². The Kier molecular flexibility index (Phi) is 3.07. The Morgan fingerprint density at radius 1 is 1.60 bits per heavy atom. The van der Waals surface area contributed by atoms with Gasteiger partial charge in [-0.1, -0.05) is 0 Å². The summed E-state index contributed by atoms with van der Waals surface area (Å²) in [6, 6.07) is 0.937. The van der Waals surface area contributed by atoms with Crippen LogP contribution in [0.1, 0.15) is 38.4 Å². The average molecular weight is 209 g/mol. The second-order valence-electron chi connectivity index (χ2n) is 4.59. The molecular formula is C11H19N3O. The summed E-state index contributed by atoms with van der Waals surface area (Å²) in [6.45, 7) is 5.14. The van der Waals surface area contributed by atoms with Crippen molar-refractivity contribution in [2.75, 3.05) is 0 Å². The molecule has 2 rings (SSSR count). The van der Waals surface area contributed by atoms with Gasteiger partial charge in [-0.2, -0.15) is 0 Å². The lowest BCUT2D eigenvalue weighted by atomic mass is 9.89. The van der Waals surface area contributed by atoms with Crippen molar-refractivity contribution in [3.8, 4) is 0 Å². The summed E-state index contributed by atoms with van der Waals surface area (Å²) < 4.78 is 2.17. The Hall–Kier alpha value is -0.870. The Morgan fingerprint density at radius 3 is 2.93 bits per heavy atom. The predicted molar refractivity (Wildman–Crippen MR) is 58.5 cm³/mol. The largest absolute Gasteiger partial charge is 0.393 e. The Labute approximate surface area is 90.3 Å². The SMILES string of the molecule is CC(C)n1cncc1CNC1CC(O)C1. The van der Waals surface area contributed by atoms with Gasteiger partial charge < -0.3 is 15.0 Å². The summed E-state index contributed by atoms with van der Waals surface area (Å²) in [5.41, 5.74) is 1.21. The minimum atomic E-state index is -0.0856.